The first-order chi connectivity index (χ1) is 12.1. The van der Waals surface area contributed by atoms with Crippen LogP contribution in [-0.2, 0) is 20.9 Å². The van der Waals surface area contributed by atoms with E-state index in [9.17, 15) is 14.4 Å². The maximum atomic E-state index is 12.7. The molecule has 0 aliphatic carbocycles. The molecule has 0 aromatic heterocycles. The summed E-state index contributed by atoms with van der Waals surface area (Å²) in [5.74, 6) is -0.651. The number of carbonyl (C=O) groups is 3. The molecule has 0 spiro atoms. The van der Waals surface area contributed by atoms with Gasteiger partial charge in [0, 0.05) is 12.6 Å². The first-order valence-corrected chi connectivity index (χ1v) is 8.73. The third-order valence-corrected chi connectivity index (χ3v) is 4.98. The lowest BCUT2D eigenvalue weighted by Crippen LogP contribution is -2.59. The molecule has 2 saturated heterocycles. The number of benzene rings is 1. The Balaban J connectivity index is 1.63. The molecule has 4 N–H and O–H groups in total. The van der Waals surface area contributed by atoms with Gasteiger partial charge in [-0.3, -0.25) is 14.4 Å². The Morgan fingerprint density at radius 2 is 1.84 bits per heavy atom. The summed E-state index contributed by atoms with van der Waals surface area (Å²) in [5.41, 5.74) is 6.33. The van der Waals surface area contributed by atoms with E-state index >= 15 is 0 Å². The van der Waals surface area contributed by atoms with Crippen molar-refractivity contribution in [2.24, 2.45) is 5.73 Å². The smallest absolute Gasteiger partial charge is 0.246 e. The van der Waals surface area contributed by atoms with Crippen LogP contribution in [0.4, 0.5) is 0 Å². The second-order valence-corrected chi connectivity index (χ2v) is 6.60. The fourth-order valence-electron chi connectivity index (χ4n) is 3.71. The van der Waals surface area contributed by atoms with E-state index in [1.807, 2.05) is 30.3 Å². The van der Waals surface area contributed by atoms with Crippen LogP contribution in [0.25, 0.3) is 0 Å². The number of carbonyl (C=O) groups excluding carboxylic acids is 3. The zero-order valence-corrected chi connectivity index (χ0v) is 14.1. The topological polar surface area (TPSA) is 105 Å². The normalized spacial score (nSPS) is 25.4. The Morgan fingerprint density at radius 1 is 1.12 bits per heavy atom. The van der Waals surface area contributed by atoms with Crippen molar-refractivity contribution < 1.29 is 14.4 Å². The van der Waals surface area contributed by atoms with Gasteiger partial charge in [0.1, 0.15) is 12.1 Å². The van der Waals surface area contributed by atoms with E-state index in [2.05, 4.69) is 10.6 Å². The molecule has 3 amide bonds. The lowest BCUT2D eigenvalue weighted by Gasteiger charge is -2.37. The number of piperidine rings is 1. The van der Waals surface area contributed by atoms with Gasteiger partial charge < -0.3 is 21.3 Å². The second kappa shape index (κ2) is 7.65. The quantitative estimate of drug-likeness (QED) is 0.694. The number of nitrogens with zero attached hydrogens (tertiary/aromatic N) is 1. The van der Waals surface area contributed by atoms with Gasteiger partial charge in [0.25, 0.3) is 0 Å². The maximum Gasteiger partial charge on any atom is 0.246 e. The van der Waals surface area contributed by atoms with E-state index in [-0.39, 0.29) is 30.3 Å². The van der Waals surface area contributed by atoms with Crippen LogP contribution in [0.5, 0.6) is 0 Å². The zero-order chi connectivity index (χ0) is 17.8. The van der Waals surface area contributed by atoms with Gasteiger partial charge >= 0.3 is 0 Å². The standard InChI is InChI=1S/C18H24N4O3/c19-10-16(23)21-14-8-6-13-7-9-15(22(13)18(14)25)17(24)20-11-12-4-2-1-3-5-12/h1-5,13-15H,6-11,19H2,(H,20,24)(H,21,23)/t13-,14?,15-/m0/s1. The van der Waals surface area contributed by atoms with Gasteiger partial charge in [-0.2, -0.15) is 0 Å². The number of amides is 3. The molecular formula is C18H24N4O3. The number of rotatable bonds is 5. The van der Waals surface area contributed by atoms with Crippen molar-refractivity contribution >= 4 is 17.7 Å². The van der Waals surface area contributed by atoms with E-state index in [1.54, 1.807) is 4.90 Å². The molecule has 3 atom stereocenters. The van der Waals surface area contributed by atoms with Crippen molar-refractivity contribution in [1.29, 1.82) is 0 Å². The molecule has 0 radical (unpaired) electrons. The SMILES string of the molecule is NCC(=O)NC1CC[C@H]2CC[C@@H](C(=O)NCc3ccccc3)N2C1=O. The summed E-state index contributed by atoms with van der Waals surface area (Å²) in [6, 6.07) is 8.72. The lowest BCUT2D eigenvalue weighted by atomic mass is 9.98. The molecule has 1 aromatic rings. The molecule has 0 bridgehead atoms. The molecule has 7 nitrogen and oxygen atoms in total. The summed E-state index contributed by atoms with van der Waals surface area (Å²) in [7, 11) is 0. The average molecular weight is 344 g/mol. The first-order valence-electron chi connectivity index (χ1n) is 8.73. The van der Waals surface area contributed by atoms with Crippen molar-refractivity contribution in [3.8, 4) is 0 Å². The summed E-state index contributed by atoms with van der Waals surface area (Å²) in [4.78, 5) is 38.5. The predicted octanol–water partition coefficient (Wildman–Crippen LogP) is -0.100. The number of hydrogen-bond acceptors (Lipinski definition) is 4. The van der Waals surface area contributed by atoms with Crippen LogP contribution >= 0.6 is 0 Å². The minimum atomic E-state index is -0.574. The van der Waals surface area contributed by atoms with Gasteiger partial charge in [-0.05, 0) is 31.2 Å². The molecule has 7 heteroatoms. The number of nitrogens with one attached hydrogen (secondary N) is 2. The molecule has 25 heavy (non-hydrogen) atoms. The van der Waals surface area contributed by atoms with Crippen LogP contribution in [0.3, 0.4) is 0 Å². The summed E-state index contributed by atoms with van der Waals surface area (Å²) in [6.07, 6.45) is 2.88. The van der Waals surface area contributed by atoms with E-state index in [1.165, 1.54) is 0 Å². The van der Waals surface area contributed by atoms with Crippen molar-refractivity contribution in [2.45, 2.75) is 50.4 Å². The molecule has 1 aromatic carbocycles. The monoisotopic (exact) mass is 344 g/mol. The van der Waals surface area contributed by atoms with Gasteiger partial charge in [0.15, 0.2) is 0 Å². The van der Waals surface area contributed by atoms with Crippen LogP contribution in [0.2, 0.25) is 0 Å². The highest BCUT2D eigenvalue weighted by molar-refractivity contribution is 5.93. The van der Waals surface area contributed by atoms with Crippen molar-refractivity contribution in [3.63, 3.8) is 0 Å². The summed E-state index contributed by atoms with van der Waals surface area (Å²) < 4.78 is 0. The summed E-state index contributed by atoms with van der Waals surface area (Å²) in [5, 5.41) is 5.58. The molecule has 2 aliphatic heterocycles. The number of nitrogens with two attached hydrogens (primary N) is 1. The van der Waals surface area contributed by atoms with Crippen molar-refractivity contribution in [3.05, 3.63) is 35.9 Å². The molecule has 0 saturated carbocycles. The average Bonchev–Trinajstić information content (AvgIpc) is 3.07. The highest BCUT2D eigenvalue weighted by Crippen LogP contribution is 2.32. The molecule has 3 rings (SSSR count). The number of fused-ring (bicyclic) bond motifs is 1. The Hall–Kier alpha value is -2.41. The summed E-state index contributed by atoms with van der Waals surface area (Å²) in [6.45, 7) is 0.296. The highest BCUT2D eigenvalue weighted by Gasteiger charge is 2.46. The lowest BCUT2D eigenvalue weighted by molar-refractivity contribution is -0.146. The van der Waals surface area contributed by atoms with E-state index < -0.39 is 12.1 Å². The number of hydrogen-bond donors (Lipinski definition) is 3. The van der Waals surface area contributed by atoms with Crippen LogP contribution in [0.15, 0.2) is 30.3 Å². The predicted molar refractivity (Wildman–Crippen MR) is 92.2 cm³/mol. The van der Waals surface area contributed by atoms with Crippen LogP contribution < -0.4 is 16.4 Å². The third-order valence-electron chi connectivity index (χ3n) is 4.98. The molecule has 2 fully saturated rings. The fourth-order valence-corrected chi connectivity index (χ4v) is 3.71. The van der Waals surface area contributed by atoms with E-state index in [0.717, 1.165) is 18.4 Å². The van der Waals surface area contributed by atoms with Crippen LogP contribution in [0, 0.1) is 0 Å². The largest absolute Gasteiger partial charge is 0.350 e. The minimum absolute atomic E-state index is 0.0889. The van der Waals surface area contributed by atoms with Crippen LogP contribution in [-0.4, -0.2) is 47.3 Å². The van der Waals surface area contributed by atoms with Gasteiger partial charge in [0.2, 0.25) is 17.7 Å². The molecule has 134 valence electrons. The van der Waals surface area contributed by atoms with Gasteiger partial charge in [-0.15, -0.1) is 0 Å². The fraction of sp³-hybridized carbons (Fsp3) is 0.500. The Labute approximate surface area is 146 Å². The summed E-state index contributed by atoms with van der Waals surface area (Å²) >= 11 is 0. The van der Waals surface area contributed by atoms with Crippen LogP contribution in [0.1, 0.15) is 31.2 Å². The molecule has 1 unspecified atom stereocenters. The van der Waals surface area contributed by atoms with E-state index in [0.29, 0.717) is 19.4 Å². The van der Waals surface area contributed by atoms with E-state index in [4.69, 9.17) is 5.73 Å². The van der Waals surface area contributed by atoms with Crippen molar-refractivity contribution in [1.82, 2.24) is 15.5 Å². The Morgan fingerprint density at radius 3 is 2.56 bits per heavy atom. The third kappa shape index (κ3) is 3.82. The molecule has 2 aliphatic rings. The second-order valence-electron chi connectivity index (χ2n) is 6.60. The molecule has 2 heterocycles. The molecular weight excluding hydrogens is 320 g/mol. The Kier molecular flexibility index (Phi) is 5.33. The maximum absolute atomic E-state index is 12.7. The zero-order valence-electron chi connectivity index (χ0n) is 14.1. The Bertz CT molecular complexity index is 649. The first kappa shape index (κ1) is 17.4. The van der Waals surface area contributed by atoms with Gasteiger partial charge in [0.05, 0.1) is 6.54 Å². The van der Waals surface area contributed by atoms with Crippen molar-refractivity contribution in [2.75, 3.05) is 6.54 Å². The van der Waals surface area contributed by atoms with Gasteiger partial charge in [-0.25, -0.2) is 0 Å². The van der Waals surface area contributed by atoms with Gasteiger partial charge in [-0.1, -0.05) is 30.3 Å². The highest BCUT2D eigenvalue weighted by atomic mass is 16.2. The minimum Gasteiger partial charge on any atom is -0.350 e.